The van der Waals surface area contributed by atoms with Crippen molar-refractivity contribution in [3.63, 3.8) is 0 Å². The van der Waals surface area contributed by atoms with Crippen molar-refractivity contribution in [3.8, 4) is 5.75 Å². The number of aliphatic hydroxyl groups is 1. The molecule has 3 rings (SSSR count). The molecule has 0 unspecified atom stereocenters. The smallest absolute Gasteiger partial charge is 0.310 e. The highest BCUT2D eigenvalue weighted by atomic mass is 16.5. The van der Waals surface area contributed by atoms with Crippen LogP contribution in [0.25, 0.3) is 0 Å². The number of ether oxygens (including phenoxy) is 1. The van der Waals surface area contributed by atoms with E-state index in [4.69, 9.17) is 9.84 Å². The normalized spacial score (nSPS) is 24.7. The van der Waals surface area contributed by atoms with Gasteiger partial charge in [0.05, 0.1) is 12.0 Å². The minimum absolute atomic E-state index is 0.0123. The largest absolute Gasteiger partial charge is 0.491 e. The first-order valence-corrected chi connectivity index (χ1v) is 8.90. The van der Waals surface area contributed by atoms with E-state index in [1.54, 1.807) is 0 Å². The number of nitrogens with zero attached hydrogens (tertiary/aromatic N) is 1. The number of aliphatic carboxylic acids is 1. The molecule has 2 fully saturated rings. The van der Waals surface area contributed by atoms with Gasteiger partial charge in [0.25, 0.3) is 0 Å². The van der Waals surface area contributed by atoms with Gasteiger partial charge in [-0.15, -0.1) is 0 Å². The molecule has 0 aromatic heterocycles. The van der Waals surface area contributed by atoms with Gasteiger partial charge in [-0.25, -0.2) is 0 Å². The van der Waals surface area contributed by atoms with E-state index in [1.165, 1.54) is 12.8 Å². The third kappa shape index (κ3) is 4.08. The summed E-state index contributed by atoms with van der Waals surface area (Å²) in [6.45, 7) is 2.50. The van der Waals surface area contributed by atoms with Crippen LogP contribution in [0.15, 0.2) is 24.3 Å². The molecule has 1 aromatic rings. The SMILES string of the molecule is O=C(O)[C@]1(CC2CC2)CCCN(Cc2ccccc2OCCO)C1. The van der Waals surface area contributed by atoms with E-state index < -0.39 is 11.4 Å². The van der Waals surface area contributed by atoms with Gasteiger partial charge in [0.2, 0.25) is 0 Å². The van der Waals surface area contributed by atoms with Crippen LogP contribution in [0.5, 0.6) is 5.75 Å². The molecule has 0 radical (unpaired) electrons. The van der Waals surface area contributed by atoms with Crippen LogP contribution in [-0.2, 0) is 11.3 Å². The first kappa shape index (κ1) is 17.2. The van der Waals surface area contributed by atoms with Crippen LogP contribution >= 0.6 is 0 Å². The zero-order valence-electron chi connectivity index (χ0n) is 14.1. The van der Waals surface area contributed by atoms with E-state index in [9.17, 15) is 9.90 Å². The quantitative estimate of drug-likeness (QED) is 0.765. The van der Waals surface area contributed by atoms with Crippen LogP contribution in [0.2, 0.25) is 0 Å². The molecule has 5 heteroatoms. The van der Waals surface area contributed by atoms with E-state index in [0.717, 1.165) is 37.1 Å². The fourth-order valence-corrected chi connectivity index (χ4v) is 3.84. The summed E-state index contributed by atoms with van der Waals surface area (Å²) in [4.78, 5) is 14.2. The summed E-state index contributed by atoms with van der Waals surface area (Å²) in [5, 5.41) is 18.8. The molecular weight excluding hydrogens is 306 g/mol. The van der Waals surface area contributed by atoms with Gasteiger partial charge in [-0.1, -0.05) is 31.0 Å². The number of hydrogen-bond acceptors (Lipinski definition) is 4. The zero-order chi connectivity index (χ0) is 17.0. The number of carboxylic acids is 1. The molecular formula is C19H27NO4. The van der Waals surface area contributed by atoms with Crippen molar-refractivity contribution in [3.05, 3.63) is 29.8 Å². The van der Waals surface area contributed by atoms with Gasteiger partial charge in [-0.3, -0.25) is 9.69 Å². The van der Waals surface area contributed by atoms with E-state index in [-0.39, 0.29) is 13.2 Å². The standard InChI is InChI=1S/C19H27NO4/c21-10-11-24-17-5-2-1-4-16(17)13-20-9-3-8-19(14-20,18(22)23)12-15-6-7-15/h1-2,4-5,15,21H,3,6-14H2,(H,22,23)/t19-/m0/s1. The highest BCUT2D eigenvalue weighted by Gasteiger charge is 2.45. The van der Waals surface area contributed by atoms with Gasteiger partial charge < -0.3 is 14.9 Å². The molecule has 2 aliphatic rings. The number of carboxylic acid groups (broad SMARTS) is 1. The van der Waals surface area contributed by atoms with Crippen LogP contribution in [-0.4, -0.2) is 47.4 Å². The van der Waals surface area contributed by atoms with Crippen LogP contribution in [0.1, 0.15) is 37.7 Å². The number of likely N-dealkylation sites (tertiary alicyclic amines) is 1. The molecule has 1 saturated carbocycles. The molecule has 5 nitrogen and oxygen atoms in total. The zero-order valence-corrected chi connectivity index (χ0v) is 14.1. The number of rotatable bonds is 8. The van der Waals surface area contributed by atoms with Crippen molar-refractivity contribution in [2.24, 2.45) is 11.3 Å². The Morgan fingerprint density at radius 2 is 2.12 bits per heavy atom. The first-order chi connectivity index (χ1) is 11.6. The molecule has 0 bridgehead atoms. The molecule has 1 heterocycles. The second-order valence-electron chi connectivity index (χ2n) is 7.23. The lowest BCUT2D eigenvalue weighted by Gasteiger charge is -2.40. The maximum atomic E-state index is 12.0. The van der Waals surface area contributed by atoms with Gasteiger partial charge in [0.1, 0.15) is 12.4 Å². The monoisotopic (exact) mass is 333 g/mol. The molecule has 1 aromatic carbocycles. The van der Waals surface area contributed by atoms with Crippen molar-refractivity contribution in [1.82, 2.24) is 4.90 Å². The van der Waals surface area contributed by atoms with E-state index in [0.29, 0.717) is 19.0 Å². The van der Waals surface area contributed by atoms with Gasteiger partial charge in [0.15, 0.2) is 0 Å². The number of piperidine rings is 1. The lowest BCUT2D eigenvalue weighted by Crippen LogP contribution is -2.47. The lowest BCUT2D eigenvalue weighted by molar-refractivity contribution is -0.153. The van der Waals surface area contributed by atoms with Gasteiger partial charge in [0, 0.05) is 18.7 Å². The summed E-state index contributed by atoms with van der Waals surface area (Å²) in [6.07, 6.45) is 4.91. The maximum Gasteiger partial charge on any atom is 0.310 e. The minimum atomic E-state index is -0.635. The van der Waals surface area contributed by atoms with Crippen molar-refractivity contribution in [2.45, 2.75) is 38.6 Å². The minimum Gasteiger partial charge on any atom is -0.491 e. The van der Waals surface area contributed by atoms with Crippen molar-refractivity contribution in [2.75, 3.05) is 26.3 Å². The Morgan fingerprint density at radius 3 is 2.83 bits per heavy atom. The Morgan fingerprint density at radius 1 is 1.33 bits per heavy atom. The van der Waals surface area contributed by atoms with Gasteiger partial charge in [-0.2, -0.15) is 0 Å². The molecule has 132 valence electrons. The Hall–Kier alpha value is -1.59. The summed E-state index contributed by atoms with van der Waals surface area (Å²) in [5.74, 6) is 0.755. The van der Waals surface area contributed by atoms with Crippen molar-refractivity contribution < 1.29 is 19.7 Å². The van der Waals surface area contributed by atoms with E-state index in [2.05, 4.69) is 4.90 Å². The fraction of sp³-hybridized carbons (Fsp3) is 0.632. The second kappa shape index (κ2) is 7.53. The Bertz CT molecular complexity index is 572. The Labute approximate surface area is 143 Å². The summed E-state index contributed by atoms with van der Waals surface area (Å²) in [5.41, 5.74) is 0.471. The number of hydrogen-bond donors (Lipinski definition) is 2. The summed E-state index contributed by atoms with van der Waals surface area (Å²) in [7, 11) is 0. The van der Waals surface area contributed by atoms with E-state index in [1.807, 2.05) is 24.3 Å². The maximum absolute atomic E-state index is 12.0. The average Bonchev–Trinajstić information content (AvgIpc) is 3.38. The summed E-state index contributed by atoms with van der Waals surface area (Å²) < 4.78 is 5.61. The van der Waals surface area contributed by atoms with Crippen LogP contribution in [0.3, 0.4) is 0 Å². The third-order valence-corrected chi connectivity index (χ3v) is 5.20. The van der Waals surface area contributed by atoms with Crippen LogP contribution < -0.4 is 4.74 Å². The summed E-state index contributed by atoms with van der Waals surface area (Å²) in [6, 6.07) is 7.81. The fourth-order valence-electron chi connectivity index (χ4n) is 3.84. The molecule has 0 spiro atoms. The molecule has 1 atom stereocenters. The molecule has 24 heavy (non-hydrogen) atoms. The average molecular weight is 333 g/mol. The second-order valence-corrected chi connectivity index (χ2v) is 7.23. The van der Waals surface area contributed by atoms with Crippen LogP contribution in [0, 0.1) is 11.3 Å². The first-order valence-electron chi connectivity index (χ1n) is 8.90. The molecule has 1 saturated heterocycles. The Kier molecular flexibility index (Phi) is 5.41. The predicted octanol–water partition coefficient (Wildman–Crippen LogP) is 2.52. The van der Waals surface area contributed by atoms with Crippen molar-refractivity contribution in [1.29, 1.82) is 0 Å². The lowest BCUT2D eigenvalue weighted by atomic mass is 9.75. The van der Waals surface area contributed by atoms with Crippen molar-refractivity contribution >= 4 is 5.97 Å². The van der Waals surface area contributed by atoms with Gasteiger partial charge >= 0.3 is 5.97 Å². The number of carbonyl (C=O) groups is 1. The highest BCUT2D eigenvalue weighted by molar-refractivity contribution is 5.75. The van der Waals surface area contributed by atoms with E-state index >= 15 is 0 Å². The predicted molar refractivity (Wildman–Crippen MR) is 90.9 cm³/mol. The molecule has 1 aliphatic carbocycles. The topological polar surface area (TPSA) is 70.0 Å². The third-order valence-electron chi connectivity index (χ3n) is 5.20. The number of benzene rings is 1. The molecule has 2 N–H and O–H groups in total. The van der Waals surface area contributed by atoms with Crippen LogP contribution in [0.4, 0.5) is 0 Å². The molecule has 1 aliphatic heterocycles. The highest BCUT2D eigenvalue weighted by Crippen LogP contribution is 2.45. The number of aliphatic hydroxyl groups excluding tert-OH is 1. The van der Waals surface area contributed by atoms with Gasteiger partial charge in [-0.05, 0) is 37.8 Å². The molecule has 0 amide bonds. The summed E-state index contributed by atoms with van der Waals surface area (Å²) >= 11 is 0. The Balaban J connectivity index is 1.69. The number of para-hydroxylation sites is 1.